The molecule has 168 valence electrons. The number of esters is 1. The van der Waals surface area contributed by atoms with E-state index in [1.165, 1.54) is 12.3 Å². The van der Waals surface area contributed by atoms with Crippen molar-refractivity contribution in [2.24, 2.45) is 0 Å². The summed E-state index contributed by atoms with van der Waals surface area (Å²) in [6.45, 7) is 3.99. The highest BCUT2D eigenvalue weighted by Crippen LogP contribution is 2.45. The normalized spacial score (nSPS) is 15.5. The molecule has 0 fully saturated rings. The Morgan fingerprint density at radius 2 is 1.94 bits per heavy atom. The number of rotatable bonds is 4. The van der Waals surface area contributed by atoms with Crippen LogP contribution in [0, 0.1) is 0 Å². The number of fused-ring (bicyclic) bond motifs is 3. The molecule has 0 saturated heterocycles. The van der Waals surface area contributed by atoms with E-state index in [2.05, 4.69) is 5.10 Å². The Kier molecular flexibility index (Phi) is 4.92. The predicted molar refractivity (Wildman–Crippen MR) is 121 cm³/mol. The lowest BCUT2D eigenvalue weighted by molar-refractivity contribution is -0.135. The van der Waals surface area contributed by atoms with Gasteiger partial charge in [0.15, 0.2) is 0 Å². The van der Waals surface area contributed by atoms with Gasteiger partial charge in [0.1, 0.15) is 34.5 Å². The molecule has 1 N–H and O–H groups in total. The zero-order valence-electron chi connectivity index (χ0n) is 18.4. The van der Waals surface area contributed by atoms with E-state index in [-0.39, 0.29) is 40.4 Å². The molecule has 0 amide bonds. The molecule has 1 aliphatic heterocycles. The maximum absolute atomic E-state index is 13.4. The number of phenols is 1. The lowest BCUT2D eigenvalue weighted by Crippen LogP contribution is -2.24. The van der Waals surface area contributed by atoms with Crippen LogP contribution in [0.25, 0.3) is 22.1 Å². The highest BCUT2D eigenvalue weighted by molar-refractivity contribution is 5.94. The molecule has 2 aromatic carbocycles. The number of ether oxygens (including phenoxy) is 2. The maximum atomic E-state index is 13.4. The summed E-state index contributed by atoms with van der Waals surface area (Å²) in [7, 11) is 1.56. The van der Waals surface area contributed by atoms with Crippen LogP contribution in [0.2, 0.25) is 0 Å². The molecule has 3 heterocycles. The van der Waals surface area contributed by atoms with E-state index >= 15 is 0 Å². The van der Waals surface area contributed by atoms with E-state index in [4.69, 9.17) is 13.9 Å². The summed E-state index contributed by atoms with van der Waals surface area (Å²) < 4.78 is 18.4. The average molecular weight is 446 g/mol. The molecule has 5 rings (SSSR count). The van der Waals surface area contributed by atoms with E-state index in [0.717, 1.165) is 5.69 Å². The third kappa shape index (κ3) is 3.34. The van der Waals surface area contributed by atoms with Crippen LogP contribution in [0.15, 0.2) is 58.1 Å². The molecule has 1 aliphatic rings. The van der Waals surface area contributed by atoms with Crippen LogP contribution in [-0.4, -0.2) is 28.0 Å². The molecule has 4 aromatic rings. The van der Waals surface area contributed by atoms with Crippen molar-refractivity contribution in [3.05, 3.63) is 70.3 Å². The number of carbonyl (C=O) groups excluding carboxylic acids is 1. The van der Waals surface area contributed by atoms with Crippen molar-refractivity contribution in [2.75, 3.05) is 7.11 Å². The van der Waals surface area contributed by atoms with Gasteiger partial charge in [0.05, 0.1) is 19.1 Å². The number of hydrogen-bond donors (Lipinski definition) is 1. The van der Waals surface area contributed by atoms with Crippen molar-refractivity contribution in [3.63, 3.8) is 0 Å². The minimum Gasteiger partial charge on any atom is -0.507 e. The number of aromatic nitrogens is 2. The summed E-state index contributed by atoms with van der Waals surface area (Å²) in [5.74, 6) is -0.340. The van der Waals surface area contributed by atoms with E-state index in [9.17, 15) is 14.7 Å². The number of methoxy groups -OCH3 is 1. The first-order valence-corrected chi connectivity index (χ1v) is 10.6. The van der Waals surface area contributed by atoms with Crippen molar-refractivity contribution in [1.82, 2.24) is 9.78 Å². The molecular weight excluding hydrogens is 424 g/mol. The summed E-state index contributed by atoms with van der Waals surface area (Å²) in [6, 6.07) is 10.2. The number of aromatic hydroxyl groups is 1. The summed E-state index contributed by atoms with van der Waals surface area (Å²) in [4.78, 5) is 25.8. The standard InChI is InChI=1S/C25H22N2O6/c1-13(2)27-18(8-9-26-27)16-10-21(29)33-20-11-19(28)23-24(30)17(12-32-25(23)22(16)20)14-4-6-15(31-3)7-5-14/h4-9,11-13,16,28H,10H2,1-3H3. The van der Waals surface area contributed by atoms with Crippen LogP contribution in [0.4, 0.5) is 0 Å². The number of benzene rings is 2. The highest BCUT2D eigenvalue weighted by atomic mass is 16.5. The third-order valence-electron chi connectivity index (χ3n) is 5.92. The Morgan fingerprint density at radius 1 is 1.18 bits per heavy atom. The van der Waals surface area contributed by atoms with Gasteiger partial charge in [0, 0.05) is 35.5 Å². The van der Waals surface area contributed by atoms with Crippen molar-refractivity contribution in [2.45, 2.75) is 32.2 Å². The van der Waals surface area contributed by atoms with Crippen LogP contribution in [-0.2, 0) is 4.79 Å². The zero-order valence-corrected chi connectivity index (χ0v) is 18.4. The predicted octanol–water partition coefficient (Wildman–Crippen LogP) is 4.39. The average Bonchev–Trinajstić information content (AvgIpc) is 3.29. The Balaban J connectivity index is 1.75. The molecule has 2 aromatic heterocycles. The van der Waals surface area contributed by atoms with E-state index in [1.807, 2.05) is 24.6 Å². The summed E-state index contributed by atoms with van der Waals surface area (Å²) in [5, 5.41) is 15.1. The summed E-state index contributed by atoms with van der Waals surface area (Å²) in [5.41, 5.74) is 2.09. The van der Waals surface area contributed by atoms with Crippen LogP contribution in [0.1, 0.15) is 43.5 Å². The number of nitrogens with zero attached hydrogens (tertiary/aromatic N) is 2. The lowest BCUT2D eigenvalue weighted by atomic mass is 9.87. The molecule has 0 saturated carbocycles. The van der Waals surface area contributed by atoms with Crippen molar-refractivity contribution < 1.29 is 23.8 Å². The molecule has 1 atom stereocenters. The van der Waals surface area contributed by atoms with Crippen molar-refractivity contribution in [1.29, 1.82) is 0 Å². The van der Waals surface area contributed by atoms with Gasteiger partial charge >= 0.3 is 5.97 Å². The van der Waals surface area contributed by atoms with Gasteiger partial charge in [-0.25, -0.2) is 0 Å². The fourth-order valence-electron chi connectivity index (χ4n) is 4.39. The lowest BCUT2D eigenvalue weighted by Gasteiger charge is -2.27. The quantitative estimate of drug-likeness (QED) is 0.366. The Hall–Kier alpha value is -4.07. The minimum absolute atomic E-state index is 0.0422. The van der Waals surface area contributed by atoms with Crippen LogP contribution < -0.4 is 14.9 Å². The van der Waals surface area contributed by atoms with Crippen LogP contribution >= 0.6 is 0 Å². The van der Waals surface area contributed by atoms with Crippen molar-refractivity contribution in [3.8, 4) is 28.4 Å². The second-order valence-electron chi connectivity index (χ2n) is 8.24. The van der Waals surface area contributed by atoms with Gasteiger partial charge in [0.25, 0.3) is 0 Å². The smallest absolute Gasteiger partial charge is 0.312 e. The van der Waals surface area contributed by atoms with Gasteiger partial charge in [-0.3, -0.25) is 14.3 Å². The van der Waals surface area contributed by atoms with Gasteiger partial charge < -0.3 is 19.0 Å². The van der Waals surface area contributed by atoms with Gasteiger partial charge in [-0.05, 0) is 37.6 Å². The van der Waals surface area contributed by atoms with Gasteiger partial charge in [-0.2, -0.15) is 5.10 Å². The molecule has 33 heavy (non-hydrogen) atoms. The summed E-state index contributed by atoms with van der Waals surface area (Å²) >= 11 is 0. The largest absolute Gasteiger partial charge is 0.507 e. The molecular formula is C25H22N2O6. The van der Waals surface area contributed by atoms with E-state index in [1.54, 1.807) is 37.6 Å². The number of carbonyl (C=O) groups is 1. The molecule has 0 bridgehead atoms. The number of phenolic OH excluding ortho intramolecular Hbond substituents is 1. The number of hydrogen-bond acceptors (Lipinski definition) is 7. The van der Waals surface area contributed by atoms with Gasteiger partial charge in [-0.1, -0.05) is 12.1 Å². The Labute approximate surface area is 189 Å². The van der Waals surface area contributed by atoms with Crippen molar-refractivity contribution >= 4 is 16.9 Å². The van der Waals surface area contributed by atoms with E-state index < -0.39 is 11.9 Å². The second-order valence-corrected chi connectivity index (χ2v) is 8.24. The van der Waals surface area contributed by atoms with E-state index in [0.29, 0.717) is 22.4 Å². The SMILES string of the molecule is COc1ccc(-c2coc3c4c(cc(O)c3c2=O)OC(=O)CC4c2ccnn2C(C)C)cc1. The molecule has 8 heteroatoms. The fraction of sp³-hybridized carbons (Fsp3) is 0.240. The first-order chi connectivity index (χ1) is 15.9. The second kappa shape index (κ2) is 7.81. The molecule has 8 nitrogen and oxygen atoms in total. The zero-order chi connectivity index (χ0) is 23.3. The molecule has 0 aliphatic carbocycles. The first-order valence-electron chi connectivity index (χ1n) is 10.6. The van der Waals surface area contributed by atoms with Gasteiger partial charge in [0.2, 0.25) is 5.43 Å². The maximum Gasteiger partial charge on any atom is 0.312 e. The third-order valence-corrected chi connectivity index (χ3v) is 5.92. The Morgan fingerprint density at radius 3 is 2.64 bits per heavy atom. The Bertz CT molecular complexity index is 1430. The molecule has 0 spiro atoms. The first kappa shape index (κ1) is 20.8. The van der Waals surface area contributed by atoms with Gasteiger partial charge in [-0.15, -0.1) is 0 Å². The molecule has 0 radical (unpaired) electrons. The summed E-state index contributed by atoms with van der Waals surface area (Å²) in [6.07, 6.45) is 3.12. The minimum atomic E-state index is -0.441. The highest BCUT2D eigenvalue weighted by Gasteiger charge is 2.35. The topological polar surface area (TPSA) is 104 Å². The molecule has 1 unspecified atom stereocenters. The monoisotopic (exact) mass is 446 g/mol. The van der Waals surface area contributed by atoms with Crippen LogP contribution in [0.3, 0.4) is 0 Å². The van der Waals surface area contributed by atoms with Crippen LogP contribution in [0.5, 0.6) is 17.2 Å². The fourth-order valence-corrected chi connectivity index (χ4v) is 4.39.